The molecule has 3 saturated heterocycles. The van der Waals surface area contributed by atoms with Gasteiger partial charge in [-0.25, -0.2) is 0 Å². The maximum Gasteiger partial charge on any atom is 0.314 e. The van der Waals surface area contributed by atoms with Gasteiger partial charge in [0.2, 0.25) is 6.29 Å². The van der Waals surface area contributed by atoms with Crippen LogP contribution in [-0.2, 0) is 33.2 Å². The van der Waals surface area contributed by atoms with Gasteiger partial charge in [-0.1, -0.05) is 19.9 Å². The van der Waals surface area contributed by atoms with Gasteiger partial charge in [-0.15, -0.1) is 0 Å². The molecule has 4 saturated carbocycles. The first-order chi connectivity index (χ1) is 26.4. The number of carbonyl (C=O) groups excluding carboxylic acids is 1. The van der Waals surface area contributed by atoms with Crippen molar-refractivity contribution in [3.05, 3.63) is 12.2 Å². The van der Waals surface area contributed by atoms with Gasteiger partial charge < -0.3 is 84.6 Å². The standard InChI is InChI=1S/C38H60O18/c1-16-11-37-9-5-20-35(2,7-4-8-36(20,3)34(50)55-32-29(49)26(46)23(43)18(13-40)52-32)21(37)6-10-38(16,15-37)56-33-30(27(47)24(44)19(14-41)53-33)54-31-28(48)25(45)22(42)17(12-39)51-31/h17-33,39-49H,1,4-15H2,2-3H3/t17-,18-,19-,20-,21+,22-,23+,24-,25+,26+,27+,28-,29+,30-,31+,32+,33-,35-,36-,37-,38+/m1/s1. The lowest BCUT2D eigenvalue weighted by atomic mass is 9.41. The van der Waals surface area contributed by atoms with E-state index < -0.39 is 129 Å². The van der Waals surface area contributed by atoms with E-state index in [4.69, 9.17) is 28.4 Å². The summed E-state index contributed by atoms with van der Waals surface area (Å²) in [7, 11) is 0. The van der Waals surface area contributed by atoms with Crippen LogP contribution in [0.25, 0.3) is 0 Å². The molecule has 3 heterocycles. The zero-order valence-electron chi connectivity index (χ0n) is 31.8. The Hall–Kier alpha value is -1.43. The summed E-state index contributed by atoms with van der Waals surface area (Å²) in [5.74, 6) is -0.591. The summed E-state index contributed by atoms with van der Waals surface area (Å²) in [5.41, 5.74) is -1.80. The summed E-state index contributed by atoms with van der Waals surface area (Å²) in [6, 6.07) is 0. The van der Waals surface area contributed by atoms with Gasteiger partial charge in [-0.3, -0.25) is 4.79 Å². The minimum absolute atomic E-state index is 0.121. The van der Waals surface area contributed by atoms with Crippen LogP contribution in [0.2, 0.25) is 0 Å². The second-order valence-electron chi connectivity index (χ2n) is 18.0. The molecule has 0 aromatic rings. The van der Waals surface area contributed by atoms with Gasteiger partial charge in [-0.05, 0) is 86.5 Å². The van der Waals surface area contributed by atoms with Crippen molar-refractivity contribution in [2.24, 2.45) is 28.1 Å². The van der Waals surface area contributed by atoms with E-state index in [0.717, 1.165) is 18.4 Å². The zero-order chi connectivity index (χ0) is 40.7. The summed E-state index contributed by atoms with van der Waals surface area (Å²) in [4.78, 5) is 14.1. The van der Waals surface area contributed by atoms with Crippen LogP contribution in [-0.4, -0.2) is 180 Å². The smallest absolute Gasteiger partial charge is 0.314 e. The van der Waals surface area contributed by atoms with Gasteiger partial charge in [0, 0.05) is 0 Å². The summed E-state index contributed by atoms with van der Waals surface area (Å²) < 4.78 is 35.6. The third-order valence-electron chi connectivity index (χ3n) is 15.0. The highest BCUT2D eigenvalue weighted by Gasteiger charge is 2.69. The SMILES string of the molecule is C=C1C[C@@]23CC[C@@H]4[C@@](C)(CCC[C@@]4(C)C(=O)O[C@@H]4O[C@H](CO)[C@H](O)[C@H](O)[C@@H]4O)[C@@H]2CC[C@]1(O[C@H]1O[C@H](CO)[C@@H](O)[C@H](O)[C@H]1O[C@@H]1O[C@H](CO)[C@@H](O)[C@H](O)[C@H]1O)C3. The highest BCUT2D eigenvalue weighted by atomic mass is 16.8. The van der Waals surface area contributed by atoms with E-state index in [-0.39, 0.29) is 22.7 Å². The lowest BCUT2D eigenvalue weighted by Gasteiger charge is -2.64. The topological polar surface area (TPSA) is 295 Å². The van der Waals surface area contributed by atoms with Crippen LogP contribution in [0.1, 0.15) is 71.6 Å². The average molecular weight is 805 g/mol. The van der Waals surface area contributed by atoms with Crippen molar-refractivity contribution in [2.75, 3.05) is 19.8 Å². The highest BCUT2D eigenvalue weighted by molar-refractivity contribution is 5.77. The molecule has 0 amide bonds. The number of aliphatic hydroxyl groups excluding tert-OH is 11. The molecule has 1 spiro atoms. The van der Waals surface area contributed by atoms with Crippen molar-refractivity contribution < 1.29 is 89.4 Å². The van der Waals surface area contributed by atoms with Gasteiger partial charge >= 0.3 is 5.97 Å². The molecule has 0 radical (unpaired) electrons. The first-order valence-corrected chi connectivity index (χ1v) is 19.9. The molecule has 18 nitrogen and oxygen atoms in total. The third kappa shape index (κ3) is 6.69. The monoisotopic (exact) mass is 804 g/mol. The Balaban J connectivity index is 1.10. The molecule has 11 N–H and O–H groups in total. The first-order valence-electron chi connectivity index (χ1n) is 19.9. The van der Waals surface area contributed by atoms with Gasteiger partial charge in [-0.2, -0.15) is 0 Å². The van der Waals surface area contributed by atoms with E-state index in [9.17, 15) is 61.0 Å². The van der Waals surface area contributed by atoms with Crippen molar-refractivity contribution in [3.63, 3.8) is 0 Å². The van der Waals surface area contributed by atoms with Crippen LogP contribution >= 0.6 is 0 Å². The van der Waals surface area contributed by atoms with E-state index in [0.29, 0.717) is 44.9 Å². The predicted molar refractivity (Wildman–Crippen MR) is 186 cm³/mol. The number of esters is 1. The van der Waals surface area contributed by atoms with Gasteiger partial charge in [0.05, 0.1) is 30.8 Å². The van der Waals surface area contributed by atoms with Crippen LogP contribution in [0.5, 0.6) is 0 Å². The van der Waals surface area contributed by atoms with Crippen LogP contribution in [0.4, 0.5) is 0 Å². The fourth-order valence-electron chi connectivity index (χ4n) is 12.0. The van der Waals surface area contributed by atoms with Crippen LogP contribution < -0.4 is 0 Å². The van der Waals surface area contributed by atoms with Crippen molar-refractivity contribution >= 4 is 5.97 Å². The Labute approximate surface area is 324 Å². The fraction of sp³-hybridized carbons (Fsp3) is 0.921. The second kappa shape index (κ2) is 15.6. The molecule has 7 aliphatic rings. The minimum atomic E-state index is -1.81. The molecule has 7 fully saturated rings. The van der Waals surface area contributed by atoms with Crippen LogP contribution in [0.3, 0.4) is 0 Å². The highest BCUT2D eigenvalue weighted by Crippen LogP contribution is 2.73. The zero-order valence-corrected chi connectivity index (χ0v) is 31.8. The lowest BCUT2D eigenvalue weighted by molar-refractivity contribution is -0.378. The molecule has 7 rings (SSSR count). The molecule has 56 heavy (non-hydrogen) atoms. The Morgan fingerprint density at radius 2 is 1.21 bits per heavy atom. The molecule has 2 bridgehead atoms. The normalized spacial score (nSPS) is 54.6. The predicted octanol–water partition coefficient (Wildman–Crippen LogP) is -2.94. The van der Waals surface area contributed by atoms with Crippen LogP contribution in [0, 0.1) is 28.1 Å². The average Bonchev–Trinajstić information content (AvgIpc) is 3.37. The fourth-order valence-corrected chi connectivity index (χ4v) is 12.0. The van der Waals surface area contributed by atoms with E-state index in [1.807, 2.05) is 6.92 Å². The molecule has 0 unspecified atom stereocenters. The Bertz CT molecular complexity index is 1450. The molecular formula is C38H60O18. The number of aliphatic hydroxyl groups is 11. The maximum absolute atomic E-state index is 14.1. The van der Waals surface area contributed by atoms with Crippen molar-refractivity contribution in [3.8, 4) is 0 Å². The van der Waals surface area contributed by atoms with Crippen molar-refractivity contribution in [1.29, 1.82) is 0 Å². The van der Waals surface area contributed by atoms with Gasteiger partial charge in [0.15, 0.2) is 12.6 Å². The Kier molecular flexibility index (Phi) is 11.9. The van der Waals surface area contributed by atoms with Crippen molar-refractivity contribution in [1.82, 2.24) is 0 Å². The molecule has 4 aliphatic carbocycles. The Morgan fingerprint density at radius 3 is 1.82 bits per heavy atom. The number of hydrogen-bond acceptors (Lipinski definition) is 18. The van der Waals surface area contributed by atoms with Crippen LogP contribution in [0.15, 0.2) is 12.2 Å². The summed E-state index contributed by atoms with van der Waals surface area (Å²) in [6.45, 7) is 6.52. The molecule has 3 aliphatic heterocycles. The number of fused-ring (bicyclic) bond motifs is 3. The Morgan fingerprint density at radius 1 is 0.679 bits per heavy atom. The number of rotatable bonds is 9. The third-order valence-corrected chi connectivity index (χ3v) is 15.0. The summed E-state index contributed by atoms with van der Waals surface area (Å²) in [6.07, 6.45) is -17.8. The minimum Gasteiger partial charge on any atom is -0.432 e. The molecule has 18 heteroatoms. The maximum atomic E-state index is 14.1. The van der Waals surface area contributed by atoms with Gasteiger partial charge in [0.1, 0.15) is 73.2 Å². The molecule has 0 aromatic heterocycles. The molecular weight excluding hydrogens is 744 g/mol. The van der Waals surface area contributed by atoms with Crippen molar-refractivity contribution in [2.45, 2.75) is 169 Å². The summed E-state index contributed by atoms with van der Waals surface area (Å²) >= 11 is 0. The number of ether oxygens (including phenoxy) is 6. The van der Waals surface area contributed by atoms with E-state index in [2.05, 4.69) is 13.5 Å². The van der Waals surface area contributed by atoms with E-state index in [1.54, 1.807) is 0 Å². The molecule has 21 atom stereocenters. The second-order valence-corrected chi connectivity index (χ2v) is 18.0. The largest absolute Gasteiger partial charge is 0.432 e. The van der Waals surface area contributed by atoms with E-state index >= 15 is 0 Å². The number of hydrogen-bond donors (Lipinski definition) is 11. The summed E-state index contributed by atoms with van der Waals surface area (Å²) in [5, 5.41) is 114. The first kappa shape index (κ1) is 42.7. The number of carbonyl (C=O) groups is 1. The van der Waals surface area contributed by atoms with Gasteiger partial charge in [0.25, 0.3) is 0 Å². The molecule has 0 aromatic carbocycles. The lowest BCUT2D eigenvalue weighted by Crippen LogP contribution is -2.65. The van der Waals surface area contributed by atoms with E-state index in [1.165, 1.54) is 0 Å². The quantitative estimate of drug-likeness (QED) is 0.0631. The molecule has 320 valence electrons.